The van der Waals surface area contributed by atoms with Gasteiger partial charge in [0.05, 0.1) is 6.61 Å². The van der Waals surface area contributed by atoms with Crippen LogP contribution in [0.1, 0.15) is 0 Å². The van der Waals surface area contributed by atoms with Gasteiger partial charge in [0.2, 0.25) is 0 Å². The van der Waals surface area contributed by atoms with Crippen molar-refractivity contribution in [3.63, 3.8) is 0 Å². The molecule has 0 unspecified atom stereocenters. The number of hydrogen-bond acceptors (Lipinski definition) is 9. The third-order valence-electron chi connectivity index (χ3n) is 2.02. The molecule has 104 valence electrons. The van der Waals surface area contributed by atoms with Gasteiger partial charge in [-0.05, 0) is 0 Å². The van der Waals surface area contributed by atoms with E-state index >= 15 is 0 Å². The van der Waals surface area contributed by atoms with Crippen molar-refractivity contribution in [3.8, 4) is 0 Å². The van der Waals surface area contributed by atoms with Crippen LogP contribution in [0, 0.1) is 0 Å². The number of rotatable bonds is 7. The number of aliphatic carboxylic acids is 1. The van der Waals surface area contributed by atoms with Crippen molar-refractivity contribution in [2.75, 3.05) is 6.61 Å². The van der Waals surface area contributed by atoms with Crippen molar-refractivity contribution in [3.05, 3.63) is 12.7 Å². The molecule has 0 bridgehead atoms. The van der Waals surface area contributed by atoms with Gasteiger partial charge in [0.1, 0.15) is 18.2 Å². The summed E-state index contributed by atoms with van der Waals surface area (Å²) < 4.78 is 3.96. The first-order valence-corrected chi connectivity index (χ1v) is 4.65. The van der Waals surface area contributed by atoms with Crippen LogP contribution in [0.4, 0.5) is 0 Å². The summed E-state index contributed by atoms with van der Waals surface area (Å²) >= 11 is 0. The first-order chi connectivity index (χ1) is 8.20. The molecule has 0 saturated heterocycles. The molecule has 0 saturated carbocycles. The molecule has 0 aromatic heterocycles. The molecule has 5 N–H and O–H groups in total. The van der Waals surface area contributed by atoms with Gasteiger partial charge in [0.15, 0.2) is 6.10 Å². The molecule has 10 heteroatoms. The predicted octanol–water partition coefficient (Wildman–Crippen LogP) is -7.77. The van der Waals surface area contributed by atoms with Gasteiger partial charge in [-0.15, -0.1) is 0 Å². The van der Waals surface area contributed by atoms with Crippen LogP contribution in [0.2, 0.25) is 0 Å². The van der Waals surface area contributed by atoms with Crippen molar-refractivity contribution in [2.24, 2.45) is 0 Å². The van der Waals surface area contributed by atoms with Gasteiger partial charge in [-0.2, -0.15) is 0 Å². The molecule has 0 amide bonds. The zero-order chi connectivity index (χ0) is 14.5. The Bertz CT molecular complexity index is 334. The number of esters is 1. The number of carbonyl (C=O) groups excluding carboxylic acids is 2. The van der Waals surface area contributed by atoms with Crippen LogP contribution < -0.4 is 24.0 Å². The molecule has 0 fully saturated rings. The molecule has 4 atom stereocenters. The summed E-state index contributed by atoms with van der Waals surface area (Å²) in [5, 5.41) is 56.1. The maximum atomic E-state index is 10.8. The van der Waals surface area contributed by atoms with Gasteiger partial charge < -0.3 is 40.2 Å². The number of ether oxygens (including phenoxy) is 1. The zero-order valence-electron chi connectivity index (χ0n) is 10.1. The molecule has 0 radical (unpaired) electrons. The fourth-order valence-electron chi connectivity index (χ4n) is 0.968. The number of hydrogen-bond donors (Lipinski definition) is 5. The van der Waals surface area contributed by atoms with E-state index < -0.39 is 42.6 Å². The summed E-state index contributed by atoms with van der Waals surface area (Å²) in [5.41, 5.74) is 0. The van der Waals surface area contributed by atoms with E-state index in [4.69, 9.17) is 10.2 Å². The quantitative estimate of drug-likeness (QED) is 0.131. The molecule has 19 heavy (non-hydrogen) atoms. The first kappa shape index (κ1) is 20.4. The Morgan fingerprint density at radius 1 is 1.37 bits per heavy atom. The average molecular weight is 272 g/mol. The van der Waals surface area contributed by atoms with Crippen LogP contribution in [-0.2, 0) is 14.3 Å². The predicted molar refractivity (Wildman–Crippen MR) is 51.4 cm³/mol. The molecule has 0 aromatic rings. The van der Waals surface area contributed by atoms with Gasteiger partial charge in [0, 0.05) is 6.08 Å². The summed E-state index contributed by atoms with van der Waals surface area (Å²) in [6, 6.07) is 0. The number of carboxylic acids is 1. The molecular formula is C9H13LiO9. The number of aliphatic hydroxyl groups excluding tert-OH is 4. The molecule has 0 heterocycles. The van der Waals surface area contributed by atoms with Crippen molar-refractivity contribution in [2.45, 2.75) is 24.1 Å². The van der Waals surface area contributed by atoms with Crippen LogP contribution in [0.5, 0.6) is 0 Å². The summed E-state index contributed by atoms with van der Waals surface area (Å²) in [6.07, 6.45) is -6.41. The van der Waals surface area contributed by atoms with Crippen LogP contribution in [-0.4, -0.2) is 68.2 Å². The minimum absolute atomic E-state index is 0. The summed E-state index contributed by atoms with van der Waals surface area (Å²) in [5.74, 6) is -7.43. The van der Waals surface area contributed by atoms with E-state index in [1.54, 1.807) is 0 Å². The van der Waals surface area contributed by atoms with Crippen molar-refractivity contribution >= 4 is 11.9 Å². The molecule has 0 aliphatic rings. The van der Waals surface area contributed by atoms with Crippen molar-refractivity contribution in [1.82, 2.24) is 0 Å². The van der Waals surface area contributed by atoms with Gasteiger partial charge in [-0.1, -0.05) is 6.58 Å². The second kappa shape index (κ2) is 8.29. The minimum atomic E-state index is -3.60. The smallest absolute Gasteiger partial charge is 0.543 e. The topological polar surface area (TPSA) is 168 Å². The Morgan fingerprint density at radius 3 is 2.16 bits per heavy atom. The number of carboxylic acid groups (broad SMARTS) is 1. The van der Waals surface area contributed by atoms with Crippen molar-refractivity contribution in [1.29, 1.82) is 0 Å². The monoisotopic (exact) mass is 272 g/mol. The van der Waals surface area contributed by atoms with E-state index in [0.29, 0.717) is 6.08 Å². The zero-order valence-corrected chi connectivity index (χ0v) is 10.1. The van der Waals surface area contributed by atoms with Crippen LogP contribution >= 0.6 is 0 Å². The van der Waals surface area contributed by atoms with E-state index in [2.05, 4.69) is 11.3 Å². The molecule has 0 spiro atoms. The summed E-state index contributed by atoms with van der Waals surface area (Å²) in [6.45, 7) is 1.90. The van der Waals surface area contributed by atoms with Gasteiger partial charge in [-0.3, -0.25) is 0 Å². The maximum Gasteiger partial charge on any atom is 1.00 e. The second-order valence-electron chi connectivity index (χ2n) is 3.29. The van der Waals surface area contributed by atoms with Crippen molar-refractivity contribution < 1.29 is 63.8 Å². The average Bonchev–Trinajstić information content (AvgIpc) is 2.35. The minimum Gasteiger partial charge on any atom is -0.543 e. The van der Waals surface area contributed by atoms with E-state index in [9.17, 15) is 30.0 Å². The molecule has 0 aliphatic carbocycles. The molecular weight excluding hydrogens is 259 g/mol. The van der Waals surface area contributed by atoms with E-state index in [-0.39, 0.29) is 18.9 Å². The Kier molecular flexibility index (Phi) is 8.90. The van der Waals surface area contributed by atoms with Crippen LogP contribution in [0.15, 0.2) is 12.7 Å². The Balaban J connectivity index is 0. The number of carbonyl (C=O) groups is 2. The third kappa shape index (κ3) is 4.92. The standard InChI is InChI=1S/C9H14O9.Li/c1-2-5(12)18-9(17,8(15)16)7(14)6(13)4(11)3-10;/h2,4,6-7,10-11,13-14,17H,1,3H2,(H,15,16);/q;+1/p-1/t4-,6-,7+,9+;/m1./s1. The Morgan fingerprint density at radius 2 is 1.84 bits per heavy atom. The van der Waals surface area contributed by atoms with Gasteiger partial charge in [0.25, 0.3) is 5.79 Å². The first-order valence-electron chi connectivity index (χ1n) is 4.65. The van der Waals surface area contributed by atoms with E-state index in [0.717, 1.165) is 0 Å². The van der Waals surface area contributed by atoms with E-state index in [1.807, 2.05) is 0 Å². The van der Waals surface area contributed by atoms with Gasteiger partial charge in [-0.25, -0.2) is 4.79 Å². The molecule has 0 aliphatic heterocycles. The van der Waals surface area contributed by atoms with Crippen LogP contribution in [0.3, 0.4) is 0 Å². The maximum absolute atomic E-state index is 10.8. The van der Waals surface area contributed by atoms with Gasteiger partial charge >= 0.3 is 24.8 Å². The third-order valence-corrected chi connectivity index (χ3v) is 2.02. The fourth-order valence-corrected chi connectivity index (χ4v) is 0.968. The molecule has 0 rings (SSSR count). The second-order valence-corrected chi connectivity index (χ2v) is 3.29. The normalized spacial score (nSPS) is 18.2. The number of aliphatic hydroxyl groups is 5. The molecule has 0 aromatic carbocycles. The Labute approximate surface area is 119 Å². The Hall–Kier alpha value is -0.923. The SMILES string of the molecule is C=CC(=O)O[C@](O)(C(=O)[O-])[C@@H](O)[C@H](O)[C@H](O)CO.[Li+]. The van der Waals surface area contributed by atoms with E-state index in [1.165, 1.54) is 0 Å². The molecule has 9 nitrogen and oxygen atoms in total. The summed E-state index contributed by atoms with van der Waals surface area (Å²) in [7, 11) is 0. The summed E-state index contributed by atoms with van der Waals surface area (Å²) in [4.78, 5) is 21.4. The van der Waals surface area contributed by atoms with Crippen LogP contribution in [0.25, 0.3) is 0 Å². The largest absolute Gasteiger partial charge is 1.00 e. The fraction of sp³-hybridized carbons (Fsp3) is 0.556.